The Morgan fingerprint density at radius 3 is 3.18 bits per heavy atom. The maximum absolute atomic E-state index is 10.6. The summed E-state index contributed by atoms with van der Waals surface area (Å²) >= 11 is 0. The molecule has 0 amide bonds. The number of likely N-dealkylation sites (tertiary alicyclic amines) is 1. The standard InChI is InChI=1S/C18H21NO3/c1-19-8-7-18-11-4-5-13(20)17(18)22-16-14(21-2)6-3-10(15(16)18)9-12(11)19/h3-6,11-13,17,20H,7-9H2,1-2H3/t11-,12+,13-,17-,18-/m0/s1/i3D,6D,9D2. The molecular weight excluding hydrogens is 278 g/mol. The first-order chi connectivity index (χ1) is 12.3. The van der Waals surface area contributed by atoms with Gasteiger partial charge in [-0.3, -0.25) is 0 Å². The molecule has 1 saturated heterocycles. The first kappa shape index (κ1) is 9.58. The number of aliphatic hydroxyl groups is 1. The van der Waals surface area contributed by atoms with Crippen molar-refractivity contribution >= 4 is 0 Å². The molecular formula is C18H21NO3. The molecule has 2 aliphatic carbocycles. The molecule has 0 saturated carbocycles. The van der Waals surface area contributed by atoms with Crippen molar-refractivity contribution in [3.63, 3.8) is 0 Å². The molecule has 0 radical (unpaired) electrons. The number of methoxy groups -OCH3 is 1. The van der Waals surface area contributed by atoms with E-state index < -0.39 is 30.0 Å². The number of nitrogens with zero attached hydrogens (tertiary/aromatic N) is 1. The van der Waals surface area contributed by atoms with Crippen LogP contribution in [-0.2, 0) is 11.8 Å². The lowest BCUT2D eigenvalue weighted by molar-refractivity contribution is -0.0453. The fraction of sp³-hybridized carbons (Fsp3) is 0.556. The van der Waals surface area contributed by atoms with Crippen LogP contribution in [0.5, 0.6) is 11.5 Å². The van der Waals surface area contributed by atoms with Crippen molar-refractivity contribution in [1.29, 1.82) is 0 Å². The highest BCUT2D eigenvalue weighted by atomic mass is 16.5. The second kappa shape index (κ2) is 4.06. The van der Waals surface area contributed by atoms with Crippen molar-refractivity contribution in [2.45, 2.75) is 36.5 Å². The lowest BCUT2D eigenvalue weighted by Gasteiger charge is -2.56. The van der Waals surface area contributed by atoms with Crippen molar-refractivity contribution < 1.29 is 20.1 Å². The fourth-order valence-corrected chi connectivity index (χ4v) is 4.83. The van der Waals surface area contributed by atoms with E-state index >= 15 is 0 Å². The Morgan fingerprint density at radius 1 is 1.50 bits per heavy atom. The Balaban J connectivity index is 1.95. The molecule has 2 aliphatic heterocycles. The zero-order chi connectivity index (χ0) is 18.6. The van der Waals surface area contributed by atoms with Gasteiger partial charge in [-0.25, -0.2) is 0 Å². The largest absolute Gasteiger partial charge is 0.493 e. The molecule has 2 heterocycles. The third-order valence-electron chi connectivity index (χ3n) is 5.81. The smallest absolute Gasteiger partial charge is 0.165 e. The van der Waals surface area contributed by atoms with Crippen LogP contribution in [0.25, 0.3) is 0 Å². The van der Waals surface area contributed by atoms with Crippen LogP contribution in [0.15, 0.2) is 24.2 Å². The minimum Gasteiger partial charge on any atom is -0.493 e. The van der Waals surface area contributed by atoms with E-state index in [1.165, 1.54) is 7.11 Å². The van der Waals surface area contributed by atoms with Gasteiger partial charge in [0.2, 0.25) is 0 Å². The monoisotopic (exact) mass is 303 g/mol. The lowest BCUT2D eigenvalue weighted by atomic mass is 9.53. The van der Waals surface area contributed by atoms with Crippen molar-refractivity contribution in [3.8, 4) is 11.5 Å². The van der Waals surface area contributed by atoms with Crippen LogP contribution in [0.4, 0.5) is 0 Å². The number of ether oxygens (including phenoxy) is 2. The molecule has 0 aromatic heterocycles. The average molecular weight is 303 g/mol. The van der Waals surface area contributed by atoms with Gasteiger partial charge in [-0.2, -0.15) is 0 Å². The van der Waals surface area contributed by atoms with E-state index in [-0.39, 0.29) is 29.3 Å². The van der Waals surface area contributed by atoms with Gasteiger partial charge >= 0.3 is 0 Å². The summed E-state index contributed by atoms with van der Waals surface area (Å²) in [5, 5.41) is 10.6. The Bertz CT molecular complexity index is 858. The Morgan fingerprint density at radius 2 is 2.36 bits per heavy atom. The van der Waals surface area contributed by atoms with Gasteiger partial charge in [-0.15, -0.1) is 0 Å². The Hall–Kier alpha value is -1.52. The molecule has 116 valence electrons. The second-order valence-electron chi connectivity index (χ2n) is 6.66. The minimum absolute atomic E-state index is 0.142. The summed E-state index contributed by atoms with van der Waals surface area (Å²) in [5.74, 6) is 0.337. The highest BCUT2D eigenvalue weighted by Gasteiger charge is 2.64. The highest BCUT2D eigenvalue weighted by Crippen LogP contribution is 2.62. The van der Waals surface area contributed by atoms with Gasteiger partial charge in [0.05, 0.1) is 9.85 Å². The molecule has 5 atom stereocenters. The highest BCUT2D eigenvalue weighted by molar-refractivity contribution is 5.62. The van der Waals surface area contributed by atoms with E-state index in [2.05, 4.69) is 0 Å². The Kier molecular flexibility index (Phi) is 1.77. The zero-order valence-corrected chi connectivity index (χ0v) is 12.6. The van der Waals surface area contributed by atoms with Crippen LogP contribution in [-0.4, -0.2) is 49.0 Å². The fourth-order valence-electron chi connectivity index (χ4n) is 4.83. The molecule has 2 bridgehead atoms. The number of piperidine rings is 1. The summed E-state index contributed by atoms with van der Waals surface area (Å²) in [6.45, 7) is 0.679. The first-order valence-corrected chi connectivity index (χ1v) is 7.72. The predicted octanol–water partition coefficient (Wildman–Crippen LogP) is 1.50. The summed E-state index contributed by atoms with van der Waals surface area (Å²) in [6.07, 6.45) is 1.15. The molecule has 22 heavy (non-hydrogen) atoms. The van der Waals surface area contributed by atoms with Crippen LogP contribution in [0.1, 0.15) is 23.0 Å². The molecule has 1 aromatic rings. The lowest BCUT2D eigenvalue weighted by Crippen LogP contribution is -2.64. The molecule has 1 spiro atoms. The van der Waals surface area contributed by atoms with Crippen LogP contribution >= 0.6 is 0 Å². The second-order valence-corrected chi connectivity index (χ2v) is 6.66. The first-order valence-electron chi connectivity index (χ1n) is 9.72. The SMILES string of the molecule is [2H]c1c([2H])c2c3c(c1OC)O[C@H]1[C@@H](O)C=C[C@H]4[C@H](N(C)CC[C@@]341)C2([2H])[2H]. The van der Waals surface area contributed by atoms with E-state index in [0.29, 0.717) is 24.3 Å². The number of hydrogen-bond acceptors (Lipinski definition) is 4. The van der Waals surface area contributed by atoms with Gasteiger partial charge in [0.1, 0.15) is 12.2 Å². The van der Waals surface area contributed by atoms with Crippen molar-refractivity contribution in [2.75, 3.05) is 20.7 Å². The number of likely N-dealkylation sites (N-methyl/N-ethyl adjacent to an activating group) is 1. The molecule has 4 heteroatoms. The maximum Gasteiger partial charge on any atom is 0.165 e. The van der Waals surface area contributed by atoms with Crippen LogP contribution in [0.2, 0.25) is 0 Å². The average Bonchev–Trinajstić information content (AvgIpc) is 2.91. The van der Waals surface area contributed by atoms with E-state index in [1.807, 2.05) is 18.0 Å². The summed E-state index contributed by atoms with van der Waals surface area (Å²) < 4.78 is 46.2. The normalized spacial score (nSPS) is 46.0. The van der Waals surface area contributed by atoms with E-state index in [1.54, 1.807) is 6.08 Å². The van der Waals surface area contributed by atoms with Gasteiger partial charge in [0.15, 0.2) is 11.5 Å². The third-order valence-corrected chi connectivity index (χ3v) is 5.81. The third kappa shape index (κ3) is 1.28. The molecule has 5 rings (SSSR count). The van der Waals surface area contributed by atoms with Crippen LogP contribution < -0.4 is 9.47 Å². The number of benzene rings is 1. The summed E-state index contributed by atoms with van der Waals surface area (Å²) in [4.78, 5) is 2.00. The van der Waals surface area contributed by atoms with Crippen molar-refractivity contribution in [3.05, 3.63) is 35.4 Å². The summed E-state index contributed by atoms with van der Waals surface area (Å²) in [5.41, 5.74) is 0.289. The van der Waals surface area contributed by atoms with E-state index in [4.69, 9.17) is 15.0 Å². The molecule has 4 aliphatic rings. The quantitative estimate of drug-likeness (QED) is 0.799. The van der Waals surface area contributed by atoms with Gasteiger partial charge in [-0.1, -0.05) is 18.2 Å². The van der Waals surface area contributed by atoms with Gasteiger partial charge < -0.3 is 19.5 Å². The number of hydrogen-bond donors (Lipinski definition) is 1. The summed E-state index contributed by atoms with van der Waals surface area (Å²) in [6, 6.07) is -0.778. The topological polar surface area (TPSA) is 41.9 Å². The van der Waals surface area contributed by atoms with Crippen LogP contribution in [0, 0.1) is 5.92 Å². The van der Waals surface area contributed by atoms with E-state index in [9.17, 15) is 5.11 Å². The molecule has 0 unspecified atom stereocenters. The predicted molar refractivity (Wildman–Crippen MR) is 82.5 cm³/mol. The molecule has 4 nitrogen and oxygen atoms in total. The summed E-state index contributed by atoms with van der Waals surface area (Å²) in [7, 11) is 3.33. The molecule has 1 N–H and O–H groups in total. The minimum atomic E-state index is -1.81. The molecule has 1 aromatic carbocycles. The van der Waals surface area contributed by atoms with Gasteiger partial charge in [0, 0.05) is 25.7 Å². The molecule has 1 fully saturated rings. The van der Waals surface area contributed by atoms with Crippen LogP contribution in [0.3, 0.4) is 0 Å². The van der Waals surface area contributed by atoms with E-state index in [0.717, 1.165) is 0 Å². The zero-order valence-electron chi connectivity index (χ0n) is 16.6. The van der Waals surface area contributed by atoms with Crippen molar-refractivity contribution in [2.24, 2.45) is 5.92 Å². The van der Waals surface area contributed by atoms with Crippen molar-refractivity contribution in [1.82, 2.24) is 4.90 Å². The number of aliphatic hydroxyl groups excluding tert-OH is 1. The number of rotatable bonds is 1. The maximum atomic E-state index is 10.6. The van der Waals surface area contributed by atoms with Gasteiger partial charge in [0.25, 0.3) is 0 Å². The Labute approximate surface area is 135 Å². The van der Waals surface area contributed by atoms with Gasteiger partial charge in [-0.05, 0) is 38.0 Å².